The molecule has 0 amide bonds. The zero-order valence-electron chi connectivity index (χ0n) is 24.4. The van der Waals surface area contributed by atoms with Gasteiger partial charge >= 0.3 is 232 Å². The molecule has 0 aliphatic carbocycles. The normalized spacial score (nSPS) is 13.4. The molecular formula is C35H48OSn. The average molecular weight is 603 g/mol. The second-order valence-corrected chi connectivity index (χ2v) is 25.7. The maximum atomic E-state index is 11.6. The molecule has 0 bridgehead atoms. The van der Waals surface area contributed by atoms with Gasteiger partial charge in [-0.15, -0.1) is 0 Å². The summed E-state index contributed by atoms with van der Waals surface area (Å²) in [4.78, 5) is 0. The Hall–Kier alpha value is -1.84. The second-order valence-electron chi connectivity index (χ2n) is 13.6. The van der Waals surface area contributed by atoms with Crippen molar-refractivity contribution in [3.05, 3.63) is 118 Å². The van der Waals surface area contributed by atoms with Crippen LogP contribution in [0, 0.1) is 0 Å². The average Bonchev–Trinajstić information content (AvgIpc) is 2.84. The Bertz CT molecular complexity index is 1020. The molecule has 0 aliphatic heterocycles. The molecule has 0 unspecified atom stereocenters. The zero-order valence-corrected chi connectivity index (χ0v) is 27.3. The van der Waals surface area contributed by atoms with Gasteiger partial charge in [0.1, 0.15) is 0 Å². The van der Waals surface area contributed by atoms with E-state index in [1.165, 1.54) is 16.7 Å². The quantitative estimate of drug-likeness (QED) is 0.217. The molecule has 0 aliphatic rings. The molecule has 0 saturated carbocycles. The van der Waals surface area contributed by atoms with Crippen molar-refractivity contribution in [3.63, 3.8) is 0 Å². The third-order valence-corrected chi connectivity index (χ3v) is 27.1. The van der Waals surface area contributed by atoms with E-state index in [2.05, 4.69) is 133 Å². The molecule has 1 nitrogen and oxygen atoms in total. The molecule has 0 atom stereocenters. The first-order valence-electron chi connectivity index (χ1n) is 13.7. The van der Waals surface area contributed by atoms with Crippen molar-refractivity contribution >= 4 is 18.4 Å². The molecule has 37 heavy (non-hydrogen) atoms. The Morgan fingerprint density at radius 3 is 1.00 bits per heavy atom. The van der Waals surface area contributed by atoms with Crippen LogP contribution in [0.2, 0.25) is 13.3 Å². The summed E-state index contributed by atoms with van der Waals surface area (Å²) in [6, 6.07) is 32.9. The zero-order chi connectivity index (χ0) is 27.5. The van der Waals surface area contributed by atoms with Crippen molar-refractivity contribution < 1.29 is 5.11 Å². The summed E-state index contributed by atoms with van der Waals surface area (Å²) in [5.74, 6) is 0. The van der Waals surface area contributed by atoms with E-state index >= 15 is 0 Å². The van der Waals surface area contributed by atoms with Crippen molar-refractivity contribution in [2.45, 2.75) is 90.5 Å². The van der Waals surface area contributed by atoms with Gasteiger partial charge < -0.3 is 0 Å². The third-order valence-electron chi connectivity index (χ3n) is 8.39. The number of benzene rings is 3. The predicted molar refractivity (Wildman–Crippen MR) is 164 cm³/mol. The van der Waals surface area contributed by atoms with Gasteiger partial charge in [0.05, 0.1) is 0 Å². The van der Waals surface area contributed by atoms with E-state index in [9.17, 15) is 5.11 Å². The summed E-state index contributed by atoms with van der Waals surface area (Å²) in [6.07, 6.45) is 0. The van der Waals surface area contributed by atoms with Crippen molar-refractivity contribution in [1.82, 2.24) is 0 Å². The van der Waals surface area contributed by atoms with Crippen molar-refractivity contribution in [1.29, 1.82) is 0 Å². The molecule has 0 fully saturated rings. The maximum absolute atomic E-state index is 11.6. The molecule has 0 saturated heterocycles. The summed E-state index contributed by atoms with van der Waals surface area (Å²) < 4.78 is 4.43. The first kappa shape index (κ1) is 29.7. The molecule has 1 N–H and O–H groups in total. The number of hydrogen-bond acceptors (Lipinski definition) is 1. The summed E-state index contributed by atoms with van der Waals surface area (Å²) >= 11 is -3.51. The molecule has 0 heterocycles. The van der Waals surface area contributed by atoms with Crippen LogP contribution in [-0.4, -0.2) is 29.1 Å². The Labute approximate surface area is 230 Å². The van der Waals surface area contributed by atoms with E-state index in [0.717, 1.165) is 16.9 Å². The minimum atomic E-state index is -3.51. The first-order valence-corrected chi connectivity index (χ1v) is 21.2. The Morgan fingerprint density at radius 1 is 0.541 bits per heavy atom. The fourth-order valence-electron chi connectivity index (χ4n) is 6.67. The van der Waals surface area contributed by atoms with Gasteiger partial charge in [0.2, 0.25) is 0 Å². The molecular weight excluding hydrogens is 555 g/mol. The van der Waals surface area contributed by atoms with Crippen LogP contribution >= 0.6 is 0 Å². The molecule has 3 aromatic rings. The van der Waals surface area contributed by atoms with E-state index < -0.39 is 24.0 Å². The molecule has 0 spiro atoms. The monoisotopic (exact) mass is 604 g/mol. The second kappa shape index (κ2) is 11.1. The Morgan fingerprint density at radius 2 is 0.784 bits per heavy atom. The van der Waals surface area contributed by atoms with Crippen molar-refractivity contribution in [3.8, 4) is 0 Å². The van der Waals surface area contributed by atoms with Crippen LogP contribution in [0.25, 0.3) is 0 Å². The van der Waals surface area contributed by atoms with Gasteiger partial charge in [0, 0.05) is 0 Å². The van der Waals surface area contributed by atoms with Gasteiger partial charge in [-0.05, 0) is 0 Å². The summed E-state index contributed by atoms with van der Waals surface area (Å²) in [6.45, 7) is 23.1. The van der Waals surface area contributed by atoms with E-state index in [1.807, 2.05) is 13.8 Å². The minimum absolute atomic E-state index is 0.0228. The van der Waals surface area contributed by atoms with Gasteiger partial charge in [0.15, 0.2) is 0 Å². The van der Waals surface area contributed by atoms with E-state index in [0.29, 0.717) is 0 Å². The summed E-state index contributed by atoms with van der Waals surface area (Å²) in [7, 11) is 0. The van der Waals surface area contributed by atoms with E-state index in [1.54, 1.807) is 0 Å². The first-order chi connectivity index (χ1) is 17.1. The fraction of sp³-hybridized carbons (Fsp3) is 0.429. The number of rotatable bonds is 11. The van der Waals surface area contributed by atoms with Gasteiger partial charge in [-0.1, -0.05) is 0 Å². The molecule has 0 aromatic heterocycles. The van der Waals surface area contributed by atoms with Gasteiger partial charge in [-0.25, -0.2) is 0 Å². The molecule has 3 aromatic carbocycles. The number of hydrogen-bond donors (Lipinski definition) is 1. The standard InChI is InChI=1S/3C10H13.C5H9O.Sn/c3*1-10(2,3)9-7-5-4-6-8-9;1-4-5(2,3)6;/h3*4-8H,1H2,2-3H3;6H,1H2,2-3H3;. The van der Waals surface area contributed by atoms with E-state index in [-0.39, 0.29) is 16.2 Å². The van der Waals surface area contributed by atoms with Crippen LogP contribution in [0.1, 0.15) is 72.1 Å². The third kappa shape index (κ3) is 7.18. The van der Waals surface area contributed by atoms with Crippen LogP contribution in [0.15, 0.2) is 101 Å². The van der Waals surface area contributed by atoms with Gasteiger partial charge in [-0.3, -0.25) is 0 Å². The van der Waals surface area contributed by atoms with Crippen LogP contribution in [-0.2, 0) is 16.2 Å². The topological polar surface area (TPSA) is 20.2 Å². The fourth-order valence-corrected chi connectivity index (χ4v) is 29.5. The van der Waals surface area contributed by atoms with E-state index in [4.69, 9.17) is 6.58 Å². The molecule has 198 valence electrons. The molecule has 3 rings (SSSR count). The predicted octanol–water partition coefficient (Wildman–Crippen LogP) is 9.23. The summed E-state index contributed by atoms with van der Waals surface area (Å²) in [5.41, 5.74) is 3.13. The van der Waals surface area contributed by atoms with Crippen molar-refractivity contribution in [2.24, 2.45) is 0 Å². The summed E-state index contributed by atoms with van der Waals surface area (Å²) in [5, 5.41) is 11.6. The van der Waals surface area contributed by atoms with Crippen LogP contribution in [0.3, 0.4) is 0 Å². The van der Waals surface area contributed by atoms with Crippen LogP contribution in [0.5, 0.6) is 0 Å². The van der Waals surface area contributed by atoms with Crippen LogP contribution in [0.4, 0.5) is 0 Å². The van der Waals surface area contributed by atoms with Gasteiger partial charge in [0.25, 0.3) is 0 Å². The van der Waals surface area contributed by atoms with Crippen molar-refractivity contribution in [2.75, 3.05) is 0 Å². The van der Waals surface area contributed by atoms with Crippen LogP contribution < -0.4 is 0 Å². The number of aliphatic hydroxyl groups is 1. The SMILES string of the molecule is C=[C](C(C)(C)O)[Sn]([CH2]C(C)(C)c1ccccc1)([CH2]C(C)(C)c1ccccc1)[CH2]C(C)(C)c1ccccc1. The Balaban J connectivity index is 2.22. The molecule has 2 heteroatoms. The van der Waals surface area contributed by atoms with Gasteiger partial charge in [-0.2, -0.15) is 0 Å². The Kier molecular flexibility index (Phi) is 8.92. The molecule has 0 radical (unpaired) electrons.